The van der Waals surface area contributed by atoms with Gasteiger partial charge in [0, 0.05) is 0 Å². The third-order valence-electron chi connectivity index (χ3n) is 2.99. The van der Waals surface area contributed by atoms with Gasteiger partial charge >= 0.3 is 81.7 Å². The predicted octanol–water partition coefficient (Wildman–Crippen LogP) is 0.0657. The summed E-state index contributed by atoms with van der Waals surface area (Å²) in [6, 6.07) is 0. The third kappa shape index (κ3) is 58.7. The molecule has 0 atom stereocenters. The number of hydrogen-bond donors (Lipinski definition) is 0. The first-order chi connectivity index (χ1) is 13.7. The van der Waals surface area contributed by atoms with Crippen LogP contribution >= 0.6 is 23.5 Å². The van der Waals surface area contributed by atoms with Gasteiger partial charge in [-0.3, -0.25) is 0 Å². The van der Waals surface area contributed by atoms with Crippen LogP contribution in [-0.2, 0) is 27.3 Å². The van der Waals surface area contributed by atoms with E-state index in [4.69, 9.17) is 0 Å². The Morgan fingerprint density at radius 2 is 0.656 bits per heavy atom. The van der Waals surface area contributed by atoms with Crippen LogP contribution in [0.3, 0.4) is 0 Å². The van der Waals surface area contributed by atoms with Crippen LogP contribution in [0, 0.1) is 81.7 Å². The molecule has 0 aromatic heterocycles. The van der Waals surface area contributed by atoms with E-state index in [0.717, 1.165) is 38.5 Å². The van der Waals surface area contributed by atoms with Crippen molar-refractivity contribution in [2.45, 2.75) is 78.6 Å². The van der Waals surface area contributed by atoms with Crippen molar-refractivity contribution in [2.75, 3.05) is 19.8 Å². The van der Waals surface area contributed by atoms with Crippen LogP contribution < -0.4 is 29.4 Å². The van der Waals surface area contributed by atoms with Crippen LogP contribution in [-0.4, -0.2) is 19.8 Å². The van der Waals surface area contributed by atoms with Crippen LogP contribution in [0.25, 0.3) is 0 Å². The van der Waals surface area contributed by atoms with E-state index < -0.39 is 23.5 Å². The second-order valence-corrected chi connectivity index (χ2v) is 9.42. The van der Waals surface area contributed by atoms with Gasteiger partial charge in [-0.1, -0.05) is 59.3 Å². The molecular weight excluding hydrogens is 754 g/mol. The molecule has 0 unspecified atom stereocenters. The zero-order chi connectivity index (χ0) is 24.1. The van der Waals surface area contributed by atoms with Gasteiger partial charge in [0.2, 0.25) is 0 Å². The van der Waals surface area contributed by atoms with Crippen molar-refractivity contribution in [2.24, 2.45) is 0 Å². The second-order valence-electron chi connectivity index (χ2n) is 5.96. The summed E-state index contributed by atoms with van der Waals surface area (Å²) in [5.74, 6) is 0. The van der Waals surface area contributed by atoms with Crippen molar-refractivity contribution >= 4 is 23.5 Å². The summed E-state index contributed by atoms with van der Waals surface area (Å²) in [6.07, 6.45) is 7.49. The Labute approximate surface area is 257 Å². The Morgan fingerprint density at radius 1 is 0.469 bits per heavy atom. The van der Waals surface area contributed by atoms with Gasteiger partial charge < -0.3 is 56.6 Å². The maximum absolute atomic E-state index is 9.84. The van der Waals surface area contributed by atoms with Crippen molar-refractivity contribution in [3.8, 4) is 0 Å². The maximum atomic E-state index is 9.84. The Morgan fingerprint density at radius 3 is 0.781 bits per heavy atom. The van der Waals surface area contributed by atoms with E-state index in [0.29, 0.717) is 19.3 Å². The van der Waals surface area contributed by atoms with Gasteiger partial charge in [0.05, 0.1) is 43.3 Å². The third-order valence-corrected chi connectivity index (χ3v) is 4.49. The average Bonchev–Trinajstić information content (AvgIpc) is 2.58. The van der Waals surface area contributed by atoms with E-state index in [1.54, 1.807) is 0 Å². The minimum absolute atomic E-state index is 0. The number of phosphoric acid groups is 3. The molecule has 0 aromatic rings. The smallest absolute Gasteiger partial charge is 0.790 e. The fraction of sp³-hybridized carbons (Fsp3) is 1.00. The van der Waals surface area contributed by atoms with Gasteiger partial charge in [-0.15, -0.1) is 0 Å². The normalized spacial score (nSPS) is 11.2. The summed E-state index contributed by atoms with van der Waals surface area (Å²) in [5.41, 5.74) is 0. The molecule has 0 rings (SSSR count). The minimum atomic E-state index is -4.71. The van der Waals surface area contributed by atoms with Crippen molar-refractivity contribution in [3.63, 3.8) is 0 Å². The molecule has 0 heterocycles. The van der Waals surface area contributed by atoms with Crippen LogP contribution in [0.2, 0.25) is 0 Å². The average molecular weight is 787 g/mol. The minimum Gasteiger partial charge on any atom is -0.790 e. The Hall–Kier alpha value is 3.03. The van der Waals surface area contributed by atoms with E-state index in [1.807, 2.05) is 20.8 Å². The van der Waals surface area contributed by atoms with Crippen molar-refractivity contribution in [1.29, 1.82) is 0 Å². The molecule has 0 N–H and O–H groups in total. The van der Waals surface area contributed by atoms with Gasteiger partial charge in [-0.2, -0.15) is 0 Å². The van der Waals surface area contributed by atoms with E-state index in [-0.39, 0.29) is 101 Å². The molecule has 12 nitrogen and oxygen atoms in total. The molecule has 0 spiro atoms. The van der Waals surface area contributed by atoms with E-state index in [1.165, 1.54) is 0 Å². The Balaban J connectivity index is -0.000000110. The zero-order valence-corrected chi connectivity index (χ0v) is 27.8. The van der Waals surface area contributed by atoms with Gasteiger partial charge in [0.25, 0.3) is 0 Å². The van der Waals surface area contributed by atoms with Gasteiger partial charge in [0.1, 0.15) is 0 Å². The molecule has 188 valence electrons. The molecule has 0 aliphatic heterocycles. The summed E-state index contributed by atoms with van der Waals surface area (Å²) < 4.78 is 41.5. The second kappa shape index (κ2) is 28.6. The van der Waals surface area contributed by atoms with Crippen LogP contribution in [0.1, 0.15) is 78.6 Å². The summed E-state index contributed by atoms with van der Waals surface area (Å²) in [7, 11) is -14.1. The molecule has 0 saturated heterocycles. The van der Waals surface area contributed by atoms with E-state index >= 15 is 0 Å². The first kappa shape index (κ1) is 45.0. The molecule has 0 bridgehead atoms. The van der Waals surface area contributed by atoms with Gasteiger partial charge in [-0.25, -0.2) is 0 Å². The Kier molecular flexibility index (Phi) is 40.2. The molecule has 0 aliphatic rings. The SMILES string of the molecule is CCCCCOP(=O)([O-])[O-].CCCCCOP(=O)([O-])[O-].CCCCCOP(=O)([O-])[O-].[Nd+3].[Nd+3]. The fourth-order valence-corrected chi connectivity index (χ4v) is 2.64. The number of hydrogen-bond acceptors (Lipinski definition) is 12. The standard InChI is InChI=1S/3C5H13O4P.2Nd/c3*1-2-3-4-5-9-10(6,7)8;;/h3*2-5H2,1H3,(H2,6,7,8);;/q;;;2*+3/p-6. The quantitative estimate of drug-likeness (QED) is 0.159. The number of rotatable bonds is 15. The fourth-order valence-electron chi connectivity index (χ4n) is 1.59. The largest absolute Gasteiger partial charge is 3.00 e. The molecule has 0 fully saturated rings. The molecule has 0 aromatic carbocycles. The van der Waals surface area contributed by atoms with Gasteiger partial charge in [0.15, 0.2) is 0 Å². The first-order valence-corrected chi connectivity index (χ1v) is 14.1. The molecule has 0 aliphatic carbocycles. The summed E-state index contributed by atoms with van der Waals surface area (Å²) >= 11 is 0. The molecule has 32 heavy (non-hydrogen) atoms. The van der Waals surface area contributed by atoms with Crippen LogP contribution in [0.4, 0.5) is 0 Å². The van der Waals surface area contributed by atoms with Crippen molar-refractivity contribution < 1.29 is 138 Å². The maximum Gasteiger partial charge on any atom is 3.00 e. The predicted molar refractivity (Wildman–Crippen MR) is 99.3 cm³/mol. The van der Waals surface area contributed by atoms with Crippen molar-refractivity contribution in [3.05, 3.63) is 0 Å². The van der Waals surface area contributed by atoms with E-state index in [9.17, 15) is 43.1 Å². The topological polar surface area (TPSA) is 217 Å². The van der Waals surface area contributed by atoms with Gasteiger partial charge in [-0.05, 0) is 19.3 Å². The molecule has 2 radical (unpaired) electrons. The number of phosphoric ester groups is 3. The number of unbranched alkanes of at least 4 members (excludes halogenated alkanes) is 6. The summed E-state index contributed by atoms with van der Waals surface area (Å²) in [6.45, 7) is 6.02. The van der Waals surface area contributed by atoms with E-state index in [2.05, 4.69) is 13.6 Å². The molecule has 0 amide bonds. The summed E-state index contributed by atoms with van der Waals surface area (Å²) in [4.78, 5) is 59.1. The monoisotopic (exact) mass is 782 g/mol. The Bertz CT molecular complexity index is 439. The van der Waals surface area contributed by atoms with Crippen LogP contribution in [0.5, 0.6) is 0 Å². The van der Waals surface area contributed by atoms with Crippen molar-refractivity contribution in [1.82, 2.24) is 0 Å². The van der Waals surface area contributed by atoms with Crippen LogP contribution in [0.15, 0.2) is 0 Å². The molecule has 0 saturated carbocycles. The molecule has 17 heteroatoms. The summed E-state index contributed by atoms with van der Waals surface area (Å²) in [5, 5.41) is 0. The molecular formula is C15H33Nd2O12P3. The first-order valence-electron chi connectivity index (χ1n) is 9.68. The zero-order valence-electron chi connectivity index (χ0n) is 18.7.